The fraction of sp³-hybridized carbons (Fsp3) is 0.0556. The standard InChI is InChI=1S/C18H16N4OS/c1-22-13-19-21-18(22)24-16-10-8-15(9-11-16)20-17(23)12-7-14-5-3-2-4-6-14/h2-13H,1H3,(H,20,23)/b12-7+. The highest BCUT2D eigenvalue weighted by Gasteiger charge is 2.04. The summed E-state index contributed by atoms with van der Waals surface area (Å²) in [7, 11) is 1.90. The Labute approximate surface area is 144 Å². The monoisotopic (exact) mass is 336 g/mol. The Bertz CT molecular complexity index is 841. The van der Waals surface area contributed by atoms with Crippen molar-refractivity contribution < 1.29 is 4.79 Å². The minimum Gasteiger partial charge on any atom is -0.323 e. The predicted molar refractivity (Wildman–Crippen MR) is 95.7 cm³/mol. The third-order valence-corrected chi connectivity index (χ3v) is 4.29. The number of nitrogens with one attached hydrogen (secondary N) is 1. The fourth-order valence-corrected chi connectivity index (χ4v) is 2.76. The van der Waals surface area contributed by atoms with Gasteiger partial charge in [-0.25, -0.2) is 0 Å². The molecule has 0 fully saturated rings. The van der Waals surface area contributed by atoms with Crippen molar-refractivity contribution in [2.75, 3.05) is 5.32 Å². The zero-order chi connectivity index (χ0) is 16.8. The van der Waals surface area contributed by atoms with Crippen molar-refractivity contribution in [2.45, 2.75) is 10.1 Å². The number of aromatic nitrogens is 3. The molecule has 3 rings (SSSR count). The molecule has 5 nitrogen and oxygen atoms in total. The first-order valence-corrected chi connectivity index (χ1v) is 8.18. The van der Waals surface area contributed by atoms with E-state index in [1.54, 1.807) is 12.4 Å². The van der Waals surface area contributed by atoms with Gasteiger partial charge < -0.3 is 9.88 Å². The molecule has 0 aliphatic rings. The highest BCUT2D eigenvalue weighted by molar-refractivity contribution is 7.99. The van der Waals surface area contributed by atoms with Crippen LogP contribution in [-0.4, -0.2) is 20.7 Å². The maximum Gasteiger partial charge on any atom is 0.248 e. The number of rotatable bonds is 5. The van der Waals surface area contributed by atoms with Gasteiger partial charge in [0.15, 0.2) is 5.16 Å². The molecule has 1 amide bonds. The van der Waals surface area contributed by atoms with E-state index in [-0.39, 0.29) is 5.91 Å². The van der Waals surface area contributed by atoms with Crippen molar-refractivity contribution in [3.8, 4) is 0 Å². The molecule has 0 bridgehead atoms. The van der Waals surface area contributed by atoms with Crippen molar-refractivity contribution in [3.63, 3.8) is 0 Å². The largest absolute Gasteiger partial charge is 0.323 e. The third-order valence-electron chi connectivity index (χ3n) is 3.23. The first kappa shape index (κ1) is 16.0. The lowest BCUT2D eigenvalue weighted by Crippen LogP contribution is -2.07. The summed E-state index contributed by atoms with van der Waals surface area (Å²) in [6, 6.07) is 17.3. The molecule has 0 saturated carbocycles. The Morgan fingerprint density at radius 3 is 2.54 bits per heavy atom. The van der Waals surface area contributed by atoms with E-state index in [2.05, 4.69) is 15.5 Å². The third kappa shape index (κ3) is 4.33. The maximum atomic E-state index is 11.9. The number of aryl methyl sites for hydroxylation is 1. The summed E-state index contributed by atoms with van der Waals surface area (Å²) >= 11 is 1.52. The maximum absolute atomic E-state index is 11.9. The van der Waals surface area contributed by atoms with Crippen LogP contribution in [0, 0.1) is 0 Å². The van der Waals surface area contributed by atoms with Gasteiger partial charge in [0, 0.05) is 23.7 Å². The molecule has 0 radical (unpaired) electrons. The average Bonchev–Trinajstić information content (AvgIpc) is 3.01. The van der Waals surface area contributed by atoms with E-state index in [4.69, 9.17) is 0 Å². The molecule has 0 aliphatic heterocycles. The lowest BCUT2D eigenvalue weighted by atomic mass is 10.2. The fourth-order valence-electron chi connectivity index (χ4n) is 2.00. The van der Waals surface area contributed by atoms with Gasteiger partial charge in [0.1, 0.15) is 6.33 Å². The minimum atomic E-state index is -0.160. The van der Waals surface area contributed by atoms with E-state index in [0.717, 1.165) is 21.3 Å². The Morgan fingerprint density at radius 2 is 1.88 bits per heavy atom. The van der Waals surface area contributed by atoms with Crippen LogP contribution in [0.15, 0.2) is 77.1 Å². The summed E-state index contributed by atoms with van der Waals surface area (Å²) in [6.45, 7) is 0. The molecular formula is C18H16N4OS. The number of carbonyl (C=O) groups is 1. The van der Waals surface area contributed by atoms with E-state index in [9.17, 15) is 4.79 Å². The molecule has 0 saturated heterocycles. The van der Waals surface area contributed by atoms with Crippen molar-refractivity contribution >= 4 is 29.4 Å². The molecule has 0 spiro atoms. The Kier molecular flexibility index (Phi) is 5.08. The second-order valence-corrected chi connectivity index (χ2v) is 6.12. The number of amides is 1. The second kappa shape index (κ2) is 7.61. The van der Waals surface area contributed by atoms with Gasteiger partial charge >= 0.3 is 0 Å². The lowest BCUT2D eigenvalue weighted by Gasteiger charge is -2.04. The summed E-state index contributed by atoms with van der Waals surface area (Å²) in [5.74, 6) is -0.160. The van der Waals surface area contributed by atoms with Crippen LogP contribution < -0.4 is 5.32 Å². The van der Waals surface area contributed by atoms with Gasteiger partial charge in [0.05, 0.1) is 0 Å². The van der Waals surface area contributed by atoms with Gasteiger partial charge in [-0.3, -0.25) is 4.79 Å². The number of nitrogens with zero attached hydrogens (tertiary/aromatic N) is 3. The van der Waals surface area contributed by atoms with Crippen LogP contribution >= 0.6 is 11.8 Å². The number of benzene rings is 2. The topological polar surface area (TPSA) is 59.8 Å². The van der Waals surface area contributed by atoms with Crippen molar-refractivity contribution in [1.29, 1.82) is 0 Å². The molecule has 120 valence electrons. The Hall–Kier alpha value is -2.86. The van der Waals surface area contributed by atoms with Crippen LogP contribution in [0.5, 0.6) is 0 Å². The first-order valence-electron chi connectivity index (χ1n) is 7.37. The molecule has 3 aromatic rings. The molecular weight excluding hydrogens is 320 g/mol. The zero-order valence-corrected chi connectivity index (χ0v) is 13.9. The number of carbonyl (C=O) groups excluding carboxylic acids is 1. The molecule has 0 aliphatic carbocycles. The summed E-state index contributed by atoms with van der Waals surface area (Å²) in [4.78, 5) is 13.0. The van der Waals surface area contributed by atoms with Crippen molar-refractivity contribution in [1.82, 2.24) is 14.8 Å². The molecule has 1 N–H and O–H groups in total. The quantitative estimate of drug-likeness (QED) is 0.723. The van der Waals surface area contributed by atoms with E-state index in [1.807, 2.05) is 66.2 Å². The van der Waals surface area contributed by atoms with Crippen LogP contribution in [0.2, 0.25) is 0 Å². The summed E-state index contributed by atoms with van der Waals surface area (Å²) < 4.78 is 1.86. The van der Waals surface area contributed by atoms with E-state index < -0.39 is 0 Å². The summed E-state index contributed by atoms with van der Waals surface area (Å²) in [6.07, 6.45) is 4.97. The Balaban J connectivity index is 1.59. The molecule has 2 aromatic carbocycles. The number of hydrogen-bond donors (Lipinski definition) is 1. The van der Waals surface area contributed by atoms with Gasteiger partial charge in [-0.05, 0) is 47.7 Å². The smallest absolute Gasteiger partial charge is 0.248 e. The van der Waals surface area contributed by atoms with E-state index in [1.165, 1.54) is 17.8 Å². The summed E-state index contributed by atoms with van der Waals surface area (Å²) in [5, 5.41) is 11.5. The number of anilines is 1. The van der Waals surface area contributed by atoms with Crippen LogP contribution in [-0.2, 0) is 11.8 Å². The van der Waals surface area contributed by atoms with Gasteiger partial charge in [-0.1, -0.05) is 30.3 Å². The van der Waals surface area contributed by atoms with Crippen LogP contribution in [0.3, 0.4) is 0 Å². The first-order chi connectivity index (χ1) is 11.7. The Morgan fingerprint density at radius 1 is 1.12 bits per heavy atom. The molecule has 0 unspecified atom stereocenters. The second-order valence-electron chi connectivity index (χ2n) is 5.08. The van der Waals surface area contributed by atoms with Crippen molar-refractivity contribution in [2.24, 2.45) is 7.05 Å². The van der Waals surface area contributed by atoms with Crippen LogP contribution in [0.25, 0.3) is 6.08 Å². The van der Waals surface area contributed by atoms with Gasteiger partial charge in [0.25, 0.3) is 0 Å². The SMILES string of the molecule is Cn1cnnc1Sc1ccc(NC(=O)/C=C/c2ccccc2)cc1. The highest BCUT2D eigenvalue weighted by atomic mass is 32.2. The summed E-state index contributed by atoms with van der Waals surface area (Å²) in [5.41, 5.74) is 1.74. The van der Waals surface area contributed by atoms with Crippen LogP contribution in [0.4, 0.5) is 5.69 Å². The highest BCUT2D eigenvalue weighted by Crippen LogP contribution is 2.26. The molecule has 24 heavy (non-hydrogen) atoms. The molecule has 0 atom stereocenters. The van der Waals surface area contributed by atoms with Crippen molar-refractivity contribution in [3.05, 3.63) is 72.6 Å². The average molecular weight is 336 g/mol. The normalized spacial score (nSPS) is 10.9. The van der Waals surface area contributed by atoms with Gasteiger partial charge in [-0.2, -0.15) is 0 Å². The van der Waals surface area contributed by atoms with E-state index >= 15 is 0 Å². The van der Waals surface area contributed by atoms with Crippen LogP contribution in [0.1, 0.15) is 5.56 Å². The predicted octanol–water partition coefficient (Wildman–Crippen LogP) is 3.62. The van der Waals surface area contributed by atoms with Gasteiger partial charge in [-0.15, -0.1) is 10.2 Å². The van der Waals surface area contributed by atoms with E-state index in [0.29, 0.717) is 0 Å². The molecule has 1 heterocycles. The molecule has 1 aromatic heterocycles. The van der Waals surface area contributed by atoms with Gasteiger partial charge in [0.2, 0.25) is 5.91 Å². The minimum absolute atomic E-state index is 0.160. The number of hydrogen-bond acceptors (Lipinski definition) is 4. The lowest BCUT2D eigenvalue weighted by molar-refractivity contribution is -0.111. The molecule has 6 heteroatoms. The zero-order valence-electron chi connectivity index (χ0n) is 13.1.